The van der Waals surface area contributed by atoms with Crippen LogP contribution < -0.4 is 5.73 Å². The molecule has 5 nitrogen and oxygen atoms in total. The van der Waals surface area contributed by atoms with Crippen LogP contribution in [0, 0.1) is 5.82 Å². The van der Waals surface area contributed by atoms with E-state index in [1.807, 2.05) is 0 Å². The van der Waals surface area contributed by atoms with E-state index >= 15 is 0 Å². The smallest absolute Gasteiger partial charge is 0.272 e. The average molecular weight is 269 g/mol. The topological polar surface area (TPSA) is 68.5 Å². The van der Waals surface area contributed by atoms with Crippen molar-refractivity contribution in [3.05, 3.63) is 29.8 Å². The van der Waals surface area contributed by atoms with Crippen molar-refractivity contribution in [1.29, 1.82) is 0 Å². The van der Waals surface area contributed by atoms with Gasteiger partial charge < -0.3 is 15.4 Å². The molecule has 1 aliphatic heterocycles. The Morgan fingerprint density at radius 3 is 3.00 bits per heavy atom. The molecular weight excluding hydrogens is 257 g/mol. The number of carbonyl (C=O) groups is 1. The van der Waals surface area contributed by atoms with Crippen molar-refractivity contribution < 1.29 is 13.9 Å². The van der Waals surface area contributed by atoms with Crippen molar-refractivity contribution in [3.8, 4) is 0 Å². The summed E-state index contributed by atoms with van der Waals surface area (Å²) in [5.41, 5.74) is 5.69. The average Bonchev–Trinajstić information content (AvgIpc) is 2.39. The van der Waals surface area contributed by atoms with Gasteiger partial charge in [-0.3, -0.25) is 4.79 Å². The molecule has 0 bridgehead atoms. The zero-order chi connectivity index (χ0) is 13.1. The van der Waals surface area contributed by atoms with E-state index in [1.165, 1.54) is 12.1 Å². The Kier molecular flexibility index (Phi) is 3.83. The molecule has 1 amide bonds. The van der Waals surface area contributed by atoms with Crippen LogP contribution in [0.3, 0.4) is 0 Å². The number of pyridine rings is 1. The monoisotopic (exact) mass is 269 g/mol. The van der Waals surface area contributed by atoms with E-state index in [-0.39, 0.29) is 16.6 Å². The summed E-state index contributed by atoms with van der Waals surface area (Å²) in [7, 11) is 0. The summed E-state index contributed by atoms with van der Waals surface area (Å²) in [6.07, 6.45) is 0.580. The number of amides is 1. The molecule has 0 aliphatic carbocycles. The molecule has 1 aromatic heterocycles. The largest absolute Gasteiger partial charge is 0.391 e. The normalized spacial score (nSPS) is 19.6. The number of morpholine rings is 1. The Morgan fingerprint density at radius 1 is 1.61 bits per heavy atom. The number of thiocarbonyl (C=S) groups is 1. The quantitative estimate of drug-likeness (QED) is 0.785. The van der Waals surface area contributed by atoms with E-state index in [9.17, 15) is 9.18 Å². The SMILES string of the molecule is NC(=S)C1CN(C(=O)c2ccc(F)cn2)CCO1. The zero-order valence-electron chi connectivity index (χ0n) is 9.51. The highest BCUT2D eigenvalue weighted by Crippen LogP contribution is 2.10. The van der Waals surface area contributed by atoms with Gasteiger partial charge in [-0.15, -0.1) is 0 Å². The summed E-state index contributed by atoms with van der Waals surface area (Å²) < 4.78 is 18.1. The van der Waals surface area contributed by atoms with Gasteiger partial charge in [0.25, 0.3) is 5.91 Å². The van der Waals surface area contributed by atoms with Gasteiger partial charge in [0.2, 0.25) is 0 Å². The first-order chi connectivity index (χ1) is 8.58. The molecule has 0 saturated carbocycles. The van der Waals surface area contributed by atoms with Crippen LogP contribution in [0.15, 0.2) is 18.3 Å². The highest BCUT2D eigenvalue weighted by atomic mass is 32.1. The minimum atomic E-state index is -0.477. The summed E-state index contributed by atoms with van der Waals surface area (Å²) in [4.78, 5) is 17.6. The van der Waals surface area contributed by atoms with E-state index < -0.39 is 11.9 Å². The van der Waals surface area contributed by atoms with Gasteiger partial charge in [-0.25, -0.2) is 9.37 Å². The van der Waals surface area contributed by atoms with Crippen LogP contribution in [0.25, 0.3) is 0 Å². The number of nitrogens with zero attached hydrogens (tertiary/aromatic N) is 2. The maximum absolute atomic E-state index is 12.7. The third kappa shape index (κ3) is 2.80. The predicted octanol–water partition coefficient (Wildman–Crippen LogP) is 0.348. The molecule has 2 rings (SSSR count). The lowest BCUT2D eigenvalue weighted by Gasteiger charge is -2.32. The maximum Gasteiger partial charge on any atom is 0.272 e. The molecule has 96 valence electrons. The number of halogens is 1. The third-order valence-electron chi connectivity index (χ3n) is 2.62. The summed E-state index contributed by atoms with van der Waals surface area (Å²) in [6.45, 7) is 1.11. The van der Waals surface area contributed by atoms with Crippen molar-refractivity contribution in [2.75, 3.05) is 19.7 Å². The van der Waals surface area contributed by atoms with Gasteiger partial charge in [0, 0.05) is 6.54 Å². The minimum Gasteiger partial charge on any atom is -0.391 e. The fourth-order valence-electron chi connectivity index (χ4n) is 1.67. The molecule has 1 unspecified atom stereocenters. The van der Waals surface area contributed by atoms with Crippen molar-refractivity contribution in [3.63, 3.8) is 0 Å². The second-order valence-electron chi connectivity index (χ2n) is 3.87. The predicted molar refractivity (Wildman–Crippen MR) is 66.6 cm³/mol. The second kappa shape index (κ2) is 5.36. The van der Waals surface area contributed by atoms with Gasteiger partial charge in [-0.1, -0.05) is 12.2 Å². The van der Waals surface area contributed by atoms with E-state index in [0.717, 1.165) is 6.20 Å². The molecule has 0 spiro atoms. The minimum absolute atomic E-state index is 0.194. The van der Waals surface area contributed by atoms with Crippen molar-refractivity contribution >= 4 is 23.1 Å². The molecular formula is C11H12FN3O2S. The standard InChI is InChI=1S/C11H12FN3O2S/c12-7-1-2-8(14-5-7)11(16)15-3-4-17-9(6-15)10(13)18/h1-2,5,9H,3-4,6H2,(H2,13,18). The molecule has 1 atom stereocenters. The molecule has 1 fully saturated rings. The number of nitrogens with two attached hydrogens (primary N) is 1. The Labute approximate surface area is 109 Å². The Balaban J connectivity index is 2.09. The van der Waals surface area contributed by atoms with Crippen LogP contribution in [0.1, 0.15) is 10.5 Å². The van der Waals surface area contributed by atoms with Crippen LogP contribution in [0.2, 0.25) is 0 Å². The summed E-state index contributed by atoms with van der Waals surface area (Å²) >= 11 is 4.84. The number of aromatic nitrogens is 1. The van der Waals surface area contributed by atoms with Gasteiger partial charge in [-0.05, 0) is 12.1 Å². The van der Waals surface area contributed by atoms with E-state index in [2.05, 4.69) is 4.98 Å². The first-order valence-electron chi connectivity index (χ1n) is 5.39. The lowest BCUT2D eigenvalue weighted by Crippen LogP contribution is -2.50. The van der Waals surface area contributed by atoms with Gasteiger partial charge in [0.05, 0.1) is 19.3 Å². The number of rotatable bonds is 2. The first-order valence-corrected chi connectivity index (χ1v) is 5.80. The Morgan fingerprint density at radius 2 is 2.39 bits per heavy atom. The van der Waals surface area contributed by atoms with Crippen LogP contribution in [0.5, 0.6) is 0 Å². The molecule has 1 saturated heterocycles. The first kappa shape index (κ1) is 12.8. The molecule has 2 heterocycles. The summed E-state index contributed by atoms with van der Waals surface area (Å²) in [5, 5.41) is 0. The zero-order valence-corrected chi connectivity index (χ0v) is 10.3. The molecule has 0 aromatic carbocycles. The third-order valence-corrected chi connectivity index (χ3v) is 2.88. The maximum atomic E-state index is 12.7. The molecule has 1 aromatic rings. The highest BCUT2D eigenvalue weighted by Gasteiger charge is 2.27. The van der Waals surface area contributed by atoms with Crippen molar-refractivity contribution in [2.24, 2.45) is 5.73 Å². The number of hydrogen-bond acceptors (Lipinski definition) is 4. The van der Waals surface area contributed by atoms with Gasteiger partial charge in [0.15, 0.2) is 0 Å². The van der Waals surface area contributed by atoms with E-state index in [4.69, 9.17) is 22.7 Å². The Hall–Kier alpha value is -1.60. The van der Waals surface area contributed by atoms with Crippen LogP contribution in [0.4, 0.5) is 4.39 Å². The second-order valence-corrected chi connectivity index (χ2v) is 4.35. The molecule has 7 heteroatoms. The summed E-state index contributed by atoms with van der Waals surface area (Å²) in [6, 6.07) is 2.55. The fourth-order valence-corrected chi connectivity index (χ4v) is 1.81. The van der Waals surface area contributed by atoms with E-state index in [0.29, 0.717) is 19.7 Å². The molecule has 2 N–H and O–H groups in total. The molecule has 0 radical (unpaired) electrons. The lowest BCUT2D eigenvalue weighted by molar-refractivity contribution is 0.00849. The lowest BCUT2D eigenvalue weighted by atomic mass is 10.2. The van der Waals surface area contributed by atoms with E-state index in [1.54, 1.807) is 4.90 Å². The van der Waals surface area contributed by atoms with Crippen molar-refractivity contribution in [2.45, 2.75) is 6.10 Å². The number of ether oxygens (including phenoxy) is 1. The van der Waals surface area contributed by atoms with Crippen LogP contribution in [-0.2, 0) is 4.74 Å². The van der Waals surface area contributed by atoms with Gasteiger partial charge >= 0.3 is 0 Å². The van der Waals surface area contributed by atoms with Crippen molar-refractivity contribution in [1.82, 2.24) is 9.88 Å². The van der Waals surface area contributed by atoms with Crippen LogP contribution in [-0.4, -0.2) is 46.6 Å². The van der Waals surface area contributed by atoms with Gasteiger partial charge in [0.1, 0.15) is 22.6 Å². The highest BCUT2D eigenvalue weighted by molar-refractivity contribution is 7.80. The number of hydrogen-bond donors (Lipinski definition) is 1. The molecule has 1 aliphatic rings. The van der Waals surface area contributed by atoms with Crippen LogP contribution >= 0.6 is 12.2 Å². The fraction of sp³-hybridized carbons (Fsp3) is 0.364. The molecule has 18 heavy (non-hydrogen) atoms. The Bertz CT molecular complexity index is 466. The summed E-state index contributed by atoms with van der Waals surface area (Å²) in [5.74, 6) is -0.755. The number of carbonyl (C=O) groups excluding carboxylic acids is 1. The van der Waals surface area contributed by atoms with Gasteiger partial charge in [-0.2, -0.15) is 0 Å².